The van der Waals surface area contributed by atoms with Gasteiger partial charge < -0.3 is 18.3 Å². The van der Waals surface area contributed by atoms with Crippen LogP contribution in [0.15, 0.2) is 188 Å². The third-order valence-electron chi connectivity index (χ3n) is 15.9. The van der Waals surface area contributed by atoms with E-state index in [1.54, 1.807) is 81.9 Å². The summed E-state index contributed by atoms with van der Waals surface area (Å²) in [6, 6.07) is 50.0. The first-order chi connectivity index (χ1) is 41.1. The normalized spacial score (nSPS) is 12.6. The highest BCUT2D eigenvalue weighted by Crippen LogP contribution is 2.50. The minimum atomic E-state index is -5.23. The molecule has 0 N–H and O–H groups in total. The third-order valence-corrected chi connectivity index (χ3v) is 15.9. The molecule has 0 fully saturated rings. The lowest BCUT2D eigenvalue weighted by Crippen LogP contribution is -2.12. The maximum absolute atomic E-state index is 15.3. The summed E-state index contributed by atoms with van der Waals surface area (Å²) in [7, 11) is 0. The molecule has 4 aromatic heterocycles. The number of benzene rings is 10. The molecular formula is C67H31F12N7. The molecule has 0 aliphatic rings. The minimum Gasteiger partial charge on any atom is -0.309 e. The molecule has 19 heteroatoms. The molecule has 418 valence electrons. The van der Waals surface area contributed by atoms with E-state index in [1.807, 2.05) is 12.1 Å². The maximum Gasteiger partial charge on any atom is 0.418 e. The van der Waals surface area contributed by atoms with Gasteiger partial charge in [0.05, 0.1) is 100 Å². The van der Waals surface area contributed by atoms with Crippen LogP contribution in [0.25, 0.3) is 121 Å². The summed E-state index contributed by atoms with van der Waals surface area (Å²) in [5.74, 6) is 0. The first-order valence-corrected chi connectivity index (χ1v) is 26.1. The average Bonchev–Trinajstić information content (AvgIpc) is 1.58. The molecule has 0 aliphatic carbocycles. The van der Waals surface area contributed by atoms with E-state index in [-0.39, 0.29) is 83.3 Å². The Hall–Kier alpha value is -11.0. The quantitative estimate of drug-likeness (QED) is 0.161. The van der Waals surface area contributed by atoms with Crippen LogP contribution in [0, 0.1) is 34.0 Å². The van der Waals surface area contributed by atoms with E-state index in [0.717, 1.165) is 18.2 Å². The smallest absolute Gasteiger partial charge is 0.309 e. The van der Waals surface area contributed by atoms with Crippen LogP contribution in [0.1, 0.15) is 38.9 Å². The molecule has 14 rings (SSSR count). The number of nitriles is 3. The van der Waals surface area contributed by atoms with Crippen molar-refractivity contribution in [1.82, 2.24) is 18.3 Å². The summed E-state index contributed by atoms with van der Waals surface area (Å²) in [5.41, 5.74) is -4.10. The highest BCUT2D eigenvalue weighted by Gasteiger charge is 2.40. The second kappa shape index (κ2) is 18.5. The van der Waals surface area contributed by atoms with Crippen molar-refractivity contribution in [2.24, 2.45) is 0 Å². The molecule has 0 unspecified atom stereocenters. The SMILES string of the molecule is N#Cc1cccc(C(F)(F)F)c1-n1c2ccc(-c3ccc(C#N)c(-n4c5ccccc5c5c6c7ccccc7n(-c7ccccc7C(F)(F)F)c6ccc54)c3C#N)cc2c2c3c4ccccc4n(-c4cc(C(F)(F)F)cc(C(F)(F)F)c4)c3ccc21. The zero-order chi connectivity index (χ0) is 60.1. The lowest BCUT2D eigenvalue weighted by molar-refractivity contribution is -0.143. The number of hydrogen-bond acceptors (Lipinski definition) is 3. The molecule has 7 nitrogen and oxygen atoms in total. The van der Waals surface area contributed by atoms with Gasteiger partial charge in [-0.2, -0.15) is 68.5 Å². The van der Waals surface area contributed by atoms with E-state index in [4.69, 9.17) is 0 Å². The number of alkyl halides is 12. The van der Waals surface area contributed by atoms with Gasteiger partial charge in [-0.1, -0.05) is 84.9 Å². The molecular weight excluding hydrogens is 1130 g/mol. The lowest BCUT2D eigenvalue weighted by Gasteiger charge is -2.18. The molecule has 0 saturated carbocycles. The largest absolute Gasteiger partial charge is 0.418 e. The van der Waals surface area contributed by atoms with Gasteiger partial charge in [0.2, 0.25) is 0 Å². The molecule has 0 saturated heterocycles. The summed E-state index contributed by atoms with van der Waals surface area (Å²) in [5, 5.41) is 36.2. The summed E-state index contributed by atoms with van der Waals surface area (Å²) in [6.07, 6.45) is -20.2. The van der Waals surface area contributed by atoms with Gasteiger partial charge in [-0.3, -0.25) is 0 Å². The summed E-state index contributed by atoms with van der Waals surface area (Å²) in [6.45, 7) is 0. The predicted octanol–water partition coefficient (Wildman–Crippen LogP) is 19.4. The van der Waals surface area contributed by atoms with Crippen molar-refractivity contribution in [3.63, 3.8) is 0 Å². The summed E-state index contributed by atoms with van der Waals surface area (Å²) in [4.78, 5) is 0. The number of rotatable bonds is 5. The third kappa shape index (κ3) is 7.76. The molecule has 10 aromatic carbocycles. The van der Waals surface area contributed by atoms with E-state index in [0.29, 0.717) is 55.7 Å². The maximum atomic E-state index is 15.3. The number of aromatic nitrogens is 4. The van der Waals surface area contributed by atoms with Crippen molar-refractivity contribution in [1.29, 1.82) is 15.8 Å². The average molecular weight is 1160 g/mol. The number of hydrogen-bond donors (Lipinski definition) is 0. The van der Waals surface area contributed by atoms with Gasteiger partial charge in [-0.05, 0) is 109 Å². The highest BCUT2D eigenvalue weighted by molar-refractivity contribution is 6.30. The van der Waals surface area contributed by atoms with Gasteiger partial charge in [0.15, 0.2) is 0 Å². The Morgan fingerprint density at radius 1 is 0.314 bits per heavy atom. The Morgan fingerprint density at radius 3 is 1.28 bits per heavy atom. The standard InChI is InChI=1S/C67H31F12N7/c68-64(69,70)38-29-39(65(71,72)73)31-40(30-38)83-49-16-5-1-11-42(49)58-54(83)24-26-57-61(58)45-28-35(21-23-52(45)86(57)63-36(32-80)10-9-15-48(63)67(77,78)79)41-22-20-37(33-81)62(46(41)34-82)85-51-18-7-3-13-44(51)60-56(85)27-25-55-59(60)43-12-2-6-17-50(43)84(55)53-19-8-4-14-47(53)66(74,75)76/h1-31H. The number of fused-ring (bicyclic) bond motifs is 14. The minimum absolute atomic E-state index is 0.00402. The van der Waals surface area contributed by atoms with Gasteiger partial charge >= 0.3 is 24.7 Å². The Morgan fingerprint density at radius 2 is 0.744 bits per heavy atom. The number of halogens is 12. The Bertz CT molecular complexity index is 5380. The molecule has 0 radical (unpaired) electrons. The van der Waals surface area contributed by atoms with Crippen LogP contribution in [-0.4, -0.2) is 18.3 Å². The van der Waals surface area contributed by atoms with Gasteiger partial charge in [-0.15, -0.1) is 0 Å². The predicted molar refractivity (Wildman–Crippen MR) is 303 cm³/mol. The molecule has 0 bridgehead atoms. The monoisotopic (exact) mass is 1160 g/mol. The van der Waals surface area contributed by atoms with Crippen molar-refractivity contribution >= 4 is 87.2 Å². The van der Waals surface area contributed by atoms with Gasteiger partial charge in [0.25, 0.3) is 0 Å². The van der Waals surface area contributed by atoms with Crippen LogP contribution in [0.3, 0.4) is 0 Å². The number of para-hydroxylation sites is 5. The molecule has 0 amide bonds. The zero-order valence-electron chi connectivity index (χ0n) is 43.6. The summed E-state index contributed by atoms with van der Waals surface area (Å²) < 4.78 is 183. The van der Waals surface area contributed by atoms with E-state index in [9.17, 15) is 55.3 Å². The molecule has 0 atom stereocenters. The second-order valence-electron chi connectivity index (χ2n) is 20.5. The highest BCUT2D eigenvalue weighted by atomic mass is 19.4. The van der Waals surface area contributed by atoms with Gasteiger partial charge in [-0.25, -0.2) is 0 Å². The van der Waals surface area contributed by atoms with Crippen molar-refractivity contribution in [3.05, 3.63) is 227 Å². The van der Waals surface area contributed by atoms with Crippen LogP contribution in [0.5, 0.6) is 0 Å². The van der Waals surface area contributed by atoms with Gasteiger partial charge in [0.1, 0.15) is 18.2 Å². The van der Waals surface area contributed by atoms with Crippen molar-refractivity contribution in [2.75, 3.05) is 0 Å². The van der Waals surface area contributed by atoms with Crippen LogP contribution < -0.4 is 0 Å². The zero-order valence-corrected chi connectivity index (χ0v) is 43.6. The first-order valence-electron chi connectivity index (χ1n) is 26.1. The van der Waals surface area contributed by atoms with Crippen molar-refractivity contribution in [3.8, 4) is 52.1 Å². The van der Waals surface area contributed by atoms with Crippen LogP contribution in [-0.2, 0) is 24.7 Å². The summed E-state index contributed by atoms with van der Waals surface area (Å²) >= 11 is 0. The van der Waals surface area contributed by atoms with E-state index >= 15 is 13.2 Å². The van der Waals surface area contributed by atoms with Gasteiger partial charge in [0, 0.05) is 54.3 Å². The molecule has 86 heavy (non-hydrogen) atoms. The molecule has 14 aromatic rings. The fourth-order valence-electron chi connectivity index (χ4n) is 12.6. The van der Waals surface area contributed by atoms with Crippen molar-refractivity contribution in [2.45, 2.75) is 24.7 Å². The fourth-order valence-corrected chi connectivity index (χ4v) is 12.6. The van der Waals surface area contributed by atoms with Crippen LogP contribution in [0.2, 0.25) is 0 Å². The topological polar surface area (TPSA) is 91.1 Å². The van der Waals surface area contributed by atoms with E-state index in [2.05, 4.69) is 12.1 Å². The fraction of sp³-hybridized carbons (Fsp3) is 0.0597. The van der Waals surface area contributed by atoms with E-state index < -0.39 is 63.9 Å². The molecule has 4 heterocycles. The Labute approximate surface area is 476 Å². The molecule has 0 spiro atoms. The Kier molecular flexibility index (Phi) is 11.4. The Balaban J connectivity index is 1.08. The molecule has 0 aliphatic heterocycles. The number of nitrogens with zero attached hydrogens (tertiary/aromatic N) is 7. The second-order valence-corrected chi connectivity index (χ2v) is 20.5. The first kappa shape index (κ1) is 53.1. The van der Waals surface area contributed by atoms with Crippen LogP contribution in [0.4, 0.5) is 52.7 Å². The van der Waals surface area contributed by atoms with E-state index in [1.165, 1.54) is 81.9 Å². The van der Waals surface area contributed by atoms with Crippen molar-refractivity contribution < 1.29 is 52.7 Å². The van der Waals surface area contributed by atoms with Crippen LogP contribution >= 0.6 is 0 Å². The lowest BCUT2D eigenvalue weighted by atomic mass is 9.94.